The normalized spacial score (nSPS) is 9.72. The molecule has 0 aromatic heterocycles. The van der Waals surface area contributed by atoms with Gasteiger partial charge in [-0.25, -0.2) is 0 Å². The third-order valence-electron chi connectivity index (χ3n) is 2.15. The van der Waals surface area contributed by atoms with E-state index in [1.165, 1.54) is 13.0 Å². The van der Waals surface area contributed by atoms with Gasteiger partial charge >= 0.3 is 5.97 Å². The van der Waals surface area contributed by atoms with E-state index in [4.69, 9.17) is 16.3 Å². The minimum atomic E-state index is -0.427. The summed E-state index contributed by atoms with van der Waals surface area (Å²) >= 11 is 6.00. The van der Waals surface area contributed by atoms with Gasteiger partial charge < -0.3 is 10.1 Å². The molecule has 1 aromatic carbocycles. The lowest BCUT2D eigenvalue weighted by atomic mass is 10.2. The first-order chi connectivity index (χ1) is 8.43. The average molecular weight is 268 g/mol. The molecule has 0 heterocycles. The second-order valence-corrected chi connectivity index (χ2v) is 4.14. The highest BCUT2D eigenvalue weighted by molar-refractivity contribution is 6.32. The monoisotopic (exact) mass is 267 g/mol. The number of amides is 1. The topological polar surface area (TPSA) is 55.4 Å². The van der Waals surface area contributed by atoms with Crippen molar-refractivity contribution in [3.05, 3.63) is 35.4 Å². The van der Waals surface area contributed by atoms with E-state index in [0.717, 1.165) is 0 Å². The molecule has 0 saturated carbocycles. The number of nitrogens with one attached hydrogen (secondary N) is 1. The molecule has 0 saturated heterocycles. The highest BCUT2D eigenvalue weighted by Gasteiger charge is 2.11. The molecule has 1 aromatic rings. The Labute approximate surface area is 111 Å². The van der Waals surface area contributed by atoms with Crippen LogP contribution in [0, 0.1) is 6.92 Å². The van der Waals surface area contributed by atoms with Gasteiger partial charge in [-0.1, -0.05) is 17.7 Å². The summed E-state index contributed by atoms with van der Waals surface area (Å²) in [6.07, 6.45) is 1.57. The van der Waals surface area contributed by atoms with Gasteiger partial charge in [0.1, 0.15) is 5.75 Å². The van der Waals surface area contributed by atoms with Crippen molar-refractivity contribution in [3.8, 4) is 5.75 Å². The fourth-order valence-corrected chi connectivity index (χ4v) is 1.53. The van der Waals surface area contributed by atoms with E-state index in [-0.39, 0.29) is 12.3 Å². The van der Waals surface area contributed by atoms with Crippen molar-refractivity contribution in [3.63, 3.8) is 0 Å². The van der Waals surface area contributed by atoms with Crippen LogP contribution in [-0.2, 0) is 9.59 Å². The lowest BCUT2D eigenvalue weighted by Crippen LogP contribution is -2.09. The second-order valence-electron chi connectivity index (χ2n) is 3.73. The van der Waals surface area contributed by atoms with Crippen LogP contribution in [0.4, 0.5) is 5.69 Å². The Morgan fingerprint density at radius 2 is 2.17 bits per heavy atom. The van der Waals surface area contributed by atoms with Crippen molar-refractivity contribution in [1.82, 2.24) is 0 Å². The van der Waals surface area contributed by atoms with Gasteiger partial charge in [-0.3, -0.25) is 9.59 Å². The maximum atomic E-state index is 11.4. The molecule has 1 amide bonds. The van der Waals surface area contributed by atoms with Crippen molar-refractivity contribution in [2.75, 3.05) is 5.32 Å². The zero-order valence-corrected chi connectivity index (χ0v) is 11.0. The Morgan fingerprint density at radius 1 is 1.50 bits per heavy atom. The van der Waals surface area contributed by atoms with Crippen molar-refractivity contribution in [2.24, 2.45) is 0 Å². The number of benzene rings is 1. The zero-order chi connectivity index (χ0) is 13.7. The van der Waals surface area contributed by atoms with Crippen LogP contribution in [0.1, 0.15) is 18.9 Å². The number of carbonyl (C=O) groups is 2. The summed E-state index contributed by atoms with van der Waals surface area (Å²) in [4.78, 5) is 22.4. The lowest BCUT2D eigenvalue weighted by Gasteiger charge is -2.11. The van der Waals surface area contributed by atoms with Crippen LogP contribution in [0.3, 0.4) is 0 Å². The van der Waals surface area contributed by atoms with Crippen LogP contribution >= 0.6 is 11.6 Å². The number of halogens is 1. The Bertz CT molecular complexity index is 497. The van der Waals surface area contributed by atoms with E-state index < -0.39 is 5.97 Å². The quantitative estimate of drug-likeness (QED) is 0.518. The summed E-state index contributed by atoms with van der Waals surface area (Å²) in [7, 11) is 0. The lowest BCUT2D eigenvalue weighted by molar-refractivity contribution is -0.133. The first kappa shape index (κ1) is 14.3. The van der Waals surface area contributed by atoms with E-state index >= 15 is 0 Å². The van der Waals surface area contributed by atoms with E-state index in [0.29, 0.717) is 22.0 Å². The van der Waals surface area contributed by atoms with E-state index in [1.807, 2.05) is 0 Å². The van der Waals surface area contributed by atoms with Gasteiger partial charge in [-0.2, -0.15) is 0 Å². The molecular formula is C13H14ClNO3. The molecule has 0 radical (unpaired) electrons. The first-order valence-corrected chi connectivity index (χ1v) is 5.71. The molecule has 1 rings (SSSR count). The Kier molecular flexibility index (Phi) is 4.92. The van der Waals surface area contributed by atoms with Crippen LogP contribution < -0.4 is 10.1 Å². The Balaban J connectivity index is 3.02. The number of rotatable bonds is 4. The molecule has 0 aliphatic rings. The maximum Gasteiger partial charge on any atom is 0.315 e. The zero-order valence-electron chi connectivity index (χ0n) is 10.2. The molecule has 0 unspecified atom stereocenters. The second kappa shape index (κ2) is 6.21. The summed E-state index contributed by atoms with van der Waals surface area (Å²) in [6, 6.07) is 3.16. The Hall–Kier alpha value is -1.81. The van der Waals surface area contributed by atoms with E-state index in [9.17, 15) is 9.59 Å². The van der Waals surface area contributed by atoms with Gasteiger partial charge in [-0.05, 0) is 13.0 Å². The van der Waals surface area contributed by atoms with Crippen LogP contribution in [-0.4, -0.2) is 11.9 Å². The molecule has 1 N–H and O–H groups in total. The van der Waals surface area contributed by atoms with Gasteiger partial charge in [-0.15, -0.1) is 6.58 Å². The van der Waals surface area contributed by atoms with Gasteiger partial charge in [0.25, 0.3) is 0 Å². The predicted octanol–water partition coefficient (Wildman–Crippen LogP) is 3.09. The molecule has 0 aliphatic carbocycles. The molecule has 0 bridgehead atoms. The molecule has 96 valence electrons. The number of hydrogen-bond donors (Lipinski definition) is 1. The van der Waals surface area contributed by atoms with Crippen molar-refractivity contribution < 1.29 is 14.3 Å². The molecular weight excluding hydrogens is 254 g/mol. The number of ether oxygens (including phenoxy) is 1. The summed E-state index contributed by atoms with van der Waals surface area (Å²) in [5.74, 6) is -0.319. The molecule has 5 heteroatoms. The minimum Gasteiger partial charge on any atom is -0.426 e. The first-order valence-electron chi connectivity index (χ1n) is 5.33. The number of esters is 1. The third-order valence-corrected chi connectivity index (χ3v) is 2.54. The van der Waals surface area contributed by atoms with Gasteiger partial charge in [0.2, 0.25) is 5.91 Å². The highest BCUT2D eigenvalue weighted by atomic mass is 35.5. The van der Waals surface area contributed by atoms with Gasteiger partial charge in [0, 0.05) is 29.3 Å². The molecule has 0 spiro atoms. The molecule has 0 aliphatic heterocycles. The largest absolute Gasteiger partial charge is 0.426 e. The predicted molar refractivity (Wildman–Crippen MR) is 70.9 cm³/mol. The smallest absolute Gasteiger partial charge is 0.315 e. The minimum absolute atomic E-state index is 0.113. The maximum absolute atomic E-state index is 11.4. The summed E-state index contributed by atoms with van der Waals surface area (Å²) in [5.41, 5.74) is 1.13. The summed E-state index contributed by atoms with van der Waals surface area (Å²) in [5, 5.41) is 3.00. The number of hydrogen-bond acceptors (Lipinski definition) is 3. The van der Waals surface area contributed by atoms with E-state index in [1.54, 1.807) is 19.1 Å². The third kappa shape index (κ3) is 3.89. The number of anilines is 1. The molecule has 18 heavy (non-hydrogen) atoms. The van der Waals surface area contributed by atoms with Crippen molar-refractivity contribution in [1.29, 1.82) is 0 Å². The standard InChI is InChI=1S/C13H14ClNO3/c1-4-5-13(17)18-12-7-10(15-9(3)16)6-11(14)8(12)2/h4,6-7H,1,5H2,2-3H3,(H,15,16). The molecule has 0 atom stereocenters. The molecule has 4 nitrogen and oxygen atoms in total. The fourth-order valence-electron chi connectivity index (χ4n) is 1.32. The fraction of sp³-hybridized carbons (Fsp3) is 0.231. The average Bonchev–Trinajstić information content (AvgIpc) is 2.24. The summed E-state index contributed by atoms with van der Waals surface area (Å²) in [6.45, 7) is 6.57. The molecule has 0 fully saturated rings. The summed E-state index contributed by atoms with van der Waals surface area (Å²) < 4.78 is 5.14. The van der Waals surface area contributed by atoms with E-state index in [2.05, 4.69) is 11.9 Å². The number of carbonyl (C=O) groups excluding carboxylic acids is 2. The van der Waals surface area contributed by atoms with Gasteiger partial charge in [0.05, 0.1) is 6.42 Å². The van der Waals surface area contributed by atoms with Crippen molar-refractivity contribution in [2.45, 2.75) is 20.3 Å². The van der Waals surface area contributed by atoms with Crippen LogP contribution in [0.2, 0.25) is 5.02 Å². The highest BCUT2D eigenvalue weighted by Crippen LogP contribution is 2.30. The van der Waals surface area contributed by atoms with Crippen LogP contribution in [0.15, 0.2) is 24.8 Å². The van der Waals surface area contributed by atoms with Crippen LogP contribution in [0.5, 0.6) is 5.75 Å². The Morgan fingerprint density at radius 3 is 2.72 bits per heavy atom. The van der Waals surface area contributed by atoms with Crippen molar-refractivity contribution >= 4 is 29.2 Å². The van der Waals surface area contributed by atoms with Gasteiger partial charge in [0.15, 0.2) is 0 Å². The SMILES string of the molecule is C=CCC(=O)Oc1cc(NC(C)=O)cc(Cl)c1C. The van der Waals surface area contributed by atoms with Crippen LogP contribution in [0.25, 0.3) is 0 Å².